The molecule has 0 spiro atoms. The zero-order chi connectivity index (χ0) is 12.8. The van der Waals surface area contributed by atoms with Crippen molar-refractivity contribution in [3.63, 3.8) is 0 Å². The second-order valence-electron chi connectivity index (χ2n) is 6.11. The fraction of sp³-hybridized carbons (Fsp3) is 1.00. The molecule has 1 heterocycles. The van der Waals surface area contributed by atoms with Gasteiger partial charge < -0.3 is 10.4 Å². The number of rotatable bonds is 6. The van der Waals surface area contributed by atoms with Gasteiger partial charge in [0, 0.05) is 19.1 Å². The van der Waals surface area contributed by atoms with E-state index in [4.69, 9.17) is 0 Å². The van der Waals surface area contributed by atoms with Crippen molar-refractivity contribution in [1.82, 2.24) is 10.2 Å². The molecule has 0 amide bonds. The Morgan fingerprint density at radius 3 is 2.83 bits per heavy atom. The van der Waals surface area contributed by atoms with Crippen molar-refractivity contribution in [2.45, 2.75) is 64.0 Å². The predicted octanol–water partition coefficient (Wildman–Crippen LogP) is 2.00. The van der Waals surface area contributed by atoms with Gasteiger partial charge in [-0.15, -0.1) is 0 Å². The van der Waals surface area contributed by atoms with E-state index in [2.05, 4.69) is 17.1 Å². The van der Waals surface area contributed by atoms with Crippen LogP contribution in [-0.2, 0) is 0 Å². The Labute approximate surface area is 112 Å². The molecule has 0 aromatic carbocycles. The van der Waals surface area contributed by atoms with Crippen LogP contribution in [-0.4, -0.2) is 48.3 Å². The molecule has 0 radical (unpaired) electrons. The monoisotopic (exact) mass is 254 g/mol. The number of aliphatic hydroxyl groups excluding tert-OH is 1. The quantitative estimate of drug-likeness (QED) is 0.712. The molecule has 3 atom stereocenters. The minimum atomic E-state index is -0.197. The minimum absolute atomic E-state index is 0.197. The van der Waals surface area contributed by atoms with Crippen molar-refractivity contribution in [3.05, 3.63) is 0 Å². The molecule has 1 saturated carbocycles. The maximum atomic E-state index is 10.1. The maximum Gasteiger partial charge on any atom is 0.0791 e. The van der Waals surface area contributed by atoms with Gasteiger partial charge in [-0.3, -0.25) is 4.90 Å². The highest BCUT2D eigenvalue weighted by Crippen LogP contribution is 2.35. The van der Waals surface area contributed by atoms with Gasteiger partial charge in [-0.25, -0.2) is 0 Å². The summed E-state index contributed by atoms with van der Waals surface area (Å²) in [7, 11) is 0. The van der Waals surface area contributed by atoms with Gasteiger partial charge in [-0.1, -0.05) is 19.8 Å². The van der Waals surface area contributed by atoms with E-state index in [0.29, 0.717) is 0 Å². The molecule has 0 aromatic rings. The molecule has 2 fully saturated rings. The molecule has 1 aliphatic carbocycles. The summed E-state index contributed by atoms with van der Waals surface area (Å²) in [4.78, 5) is 2.58. The summed E-state index contributed by atoms with van der Waals surface area (Å²) in [6.45, 7) is 6.01. The first-order valence-corrected chi connectivity index (χ1v) is 7.94. The van der Waals surface area contributed by atoms with Gasteiger partial charge in [0.25, 0.3) is 0 Å². The maximum absolute atomic E-state index is 10.1. The van der Waals surface area contributed by atoms with E-state index in [1.165, 1.54) is 45.1 Å². The van der Waals surface area contributed by atoms with Crippen molar-refractivity contribution in [3.8, 4) is 0 Å². The molecule has 2 N–H and O–H groups in total. The van der Waals surface area contributed by atoms with E-state index >= 15 is 0 Å². The van der Waals surface area contributed by atoms with Gasteiger partial charge >= 0.3 is 0 Å². The summed E-state index contributed by atoms with van der Waals surface area (Å²) in [5, 5.41) is 13.4. The molecule has 0 aromatic heterocycles. The zero-order valence-corrected chi connectivity index (χ0v) is 11.9. The number of β-amino-alcohol motifs (C(OH)–C–C–N with tert-alkyl or cyclic N) is 1. The van der Waals surface area contributed by atoms with Crippen LogP contribution in [0.25, 0.3) is 0 Å². The van der Waals surface area contributed by atoms with Gasteiger partial charge in [0.15, 0.2) is 0 Å². The Balaban J connectivity index is 1.76. The van der Waals surface area contributed by atoms with Gasteiger partial charge in [0.05, 0.1) is 6.10 Å². The van der Waals surface area contributed by atoms with Gasteiger partial charge in [-0.2, -0.15) is 0 Å². The Morgan fingerprint density at radius 2 is 2.00 bits per heavy atom. The van der Waals surface area contributed by atoms with Crippen molar-refractivity contribution < 1.29 is 5.11 Å². The molecular formula is C15H30N2O. The topological polar surface area (TPSA) is 35.5 Å². The molecule has 106 valence electrons. The standard InChI is InChI=1S/C15H30N2O/c1-2-9-16-11-14(18)12-17-10-5-7-13-6-3-4-8-15(13)17/h13-16,18H,2-12H2,1H3/t13-,14?,15-/m1/s1. The molecule has 1 aliphatic heterocycles. The largest absolute Gasteiger partial charge is 0.390 e. The molecule has 3 nitrogen and oxygen atoms in total. The summed E-state index contributed by atoms with van der Waals surface area (Å²) >= 11 is 0. The van der Waals surface area contributed by atoms with Crippen LogP contribution in [0, 0.1) is 5.92 Å². The van der Waals surface area contributed by atoms with Crippen molar-refractivity contribution >= 4 is 0 Å². The van der Waals surface area contributed by atoms with E-state index in [1.54, 1.807) is 0 Å². The number of nitrogens with zero attached hydrogens (tertiary/aromatic N) is 1. The lowest BCUT2D eigenvalue weighted by Crippen LogP contribution is -2.50. The van der Waals surface area contributed by atoms with E-state index in [0.717, 1.165) is 38.0 Å². The summed E-state index contributed by atoms with van der Waals surface area (Å²) < 4.78 is 0. The van der Waals surface area contributed by atoms with Gasteiger partial charge in [0.1, 0.15) is 0 Å². The number of hydrogen-bond donors (Lipinski definition) is 2. The summed E-state index contributed by atoms with van der Waals surface area (Å²) in [5.41, 5.74) is 0. The number of aliphatic hydroxyl groups is 1. The lowest BCUT2D eigenvalue weighted by atomic mass is 9.78. The molecular weight excluding hydrogens is 224 g/mol. The lowest BCUT2D eigenvalue weighted by molar-refractivity contribution is 0.0214. The first kappa shape index (κ1) is 14.3. The number of likely N-dealkylation sites (tertiary alicyclic amines) is 1. The highest BCUT2D eigenvalue weighted by Gasteiger charge is 2.33. The predicted molar refractivity (Wildman–Crippen MR) is 75.7 cm³/mol. The van der Waals surface area contributed by atoms with Crippen LogP contribution >= 0.6 is 0 Å². The molecule has 0 bridgehead atoms. The van der Waals surface area contributed by atoms with E-state index < -0.39 is 0 Å². The van der Waals surface area contributed by atoms with Crippen LogP contribution in [0.5, 0.6) is 0 Å². The van der Waals surface area contributed by atoms with Crippen LogP contribution in [0.3, 0.4) is 0 Å². The molecule has 1 unspecified atom stereocenters. The second kappa shape index (κ2) is 7.46. The Morgan fingerprint density at radius 1 is 1.22 bits per heavy atom. The summed E-state index contributed by atoms with van der Waals surface area (Å²) in [6.07, 6.45) is 9.29. The molecule has 18 heavy (non-hydrogen) atoms. The minimum Gasteiger partial charge on any atom is -0.390 e. The van der Waals surface area contributed by atoms with Crippen LogP contribution < -0.4 is 5.32 Å². The lowest BCUT2D eigenvalue weighted by Gasteiger charge is -2.44. The first-order valence-electron chi connectivity index (χ1n) is 7.94. The van der Waals surface area contributed by atoms with Gasteiger partial charge in [0.2, 0.25) is 0 Å². The third-order valence-electron chi connectivity index (χ3n) is 4.61. The molecule has 2 aliphatic rings. The van der Waals surface area contributed by atoms with Crippen LogP contribution in [0.4, 0.5) is 0 Å². The van der Waals surface area contributed by atoms with Crippen LogP contribution in [0.15, 0.2) is 0 Å². The highest BCUT2D eigenvalue weighted by molar-refractivity contribution is 4.88. The fourth-order valence-corrected chi connectivity index (χ4v) is 3.74. The smallest absolute Gasteiger partial charge is 0.0791 e. The summed E-state index contributed by atoms with van der Waals surface area (Å²) in [5.74, 6) is 0.920. The van der Waals surface area contributed by atoms with Crippen LogP contribution in [0.1, 0.15) is 51.9 Å². The van der Waals surface area contributed by atoms with Crippen molar-refractivity contribution in [2.75, 3.05) is 26.2 Å². The summed E-state index contributed by atoms with van der Waals surface area (Å²) in [6, 6.07) is 0.772. The van der Waals surface area contributed by atoms with E-state index in [1.807, 2.05) is 0 Å². The second-order valence-corrected chi connectivity index (χ2v) is 6.11. The average molecular weight is 254 g/mol. The molecule has 1 saturated heterocycles. The van der Waals surface area contributed by atoms with E-state index in [-0.39, 0.29) is 6.10 Å². The van der Waals surface area contributed by atoms with Gasteiger partial charge in [-0.05, 0) is 51.1 Å². The number of nitrogens with one attached hydrogen (secondary N) is 1. The third-order valence-corrected chi connectivity index (χ3v) is 4.61. The highest BCUT2D eigenvalue weighted by atomic mass is 16.3. The average Bonchev–Trinajstić information content (AvgIpc) is 2.39. The number of fused-ring (bicyclic) bond motifs is 1. The number of hydrogen-bond acceptors (Lipinski definition) is 3. The zero-order valence-electron chi connectivity index (χ0n) is 11.9. The first-order chi connectivity index (χ1) is 8.81. The molecule has 2 rings (SSSR count). The Kier molecular flexibility index (Phi) is 5.93. The van der Waals surface area contributed by atoms with Crippen LogP contribution in [0.2, 0.25) is 0 Å². The van der Waals surface area contributed by atoms with E-state index in [9.17, 15) is 5.11 Å². The Hall–Kier alpha value is -0.120. The SMILES string of the molecule is CCCNCC(O)CN1CCC[C@H]2CCCC[C@H]21. The number of piperidine rings is 1. The molecule has 3 heteroatoms. The van der Waals surface area contributed by atoms with Crippen molar-refractivity contribution in [2.24, 2.45) is 5.92 Å². The Bertz CT molecular complexity index is 233. The fourth-order valence-electron chi connectivity index (χ4n) is 3.74. The van der Waals surface area contributed by atoms with Crippen molar-refractivity contribution in [1.29, 1.82) is 0 Å². The normalized spacial score (nSPS) is 31.0. The third kappa shape index (κ3) is 3.94.